The smallest absolute Gasteiger partial charge is 0.241 e. The highest BCUT2D eigenvalue weighted by Crippen LogP contribution is 2.21. The third kappa shape index (κ3) is 2.98. The van der Waals surface area contributed by atoms with Gasteiger partial charge in [0.2, 0.25) is 11.8 Å². The molecule has 0 aliphatic rings. The van der Waals surface area contributed by atoms with E-state index in [1.54, 1.807) is 0 Å². The summed E-state index contributed by atoms with van der Waals surface area (Å²) < 4.78 is 0. The van der Waals surface area contributed by atoms with Gasteiger partial charge in [0.15, 0.2) is 0 Å². The number of H-pyrrole nitrogens is 1. The Bertz CT molecular complexity index is 352. The highest BCUT2D eigenvalue weighted by molar-refractivity contribution is 7.80. The monoisotopic (exact) mass is 228 g/mol. The van der Waals surface area contributed by atoms with E-state index >= 15 is 0 Å². The van der Waals surface area contributed by atoms with E-state index in [2.05, 4.69) is 27.9 Å². The van der Waals surface area contributed by atoms with Crippen LogP contribution in [0.3, 0.4) is 0 Å². The first-order valence-electron chi connectivity index (χ1n) is 4.25. The summed E-state index contributed by atoms with van der Waals surface area (Å²) in [5.74, 6) is -0.975. The Labute approximate surface area is 92.1 Å². The Morgan fingerprint density at radius 1 is 1.67 bits per heavy atom. The number of nitrogens with one attached hydrogen (secondary N) is 2. The summed E-state index contributed by atoms with van der Waals surface area (Å²) in [6.07, 6.45) is 2.99. The highest BCUT2D eigenvalue weighted by atomic mass is 32.1. The van der Waals surface area contributed by atoms with Crippen molar-refractivity contribution in [2.45, 2.75) is 18.2 Å². The third-order valence-corrected chi connectivity index (χ3v) is 2.40. The van der Waals surface area contributed by atoms with E-state index in [0.29, 0.717) is 5.69 Å². The number of nitrogens with zero attached hydrogens (tertiary/aromatic N) is 1. The predicted octanol–water partition coefficient (Wildman–Crippen LogP) is -0.629. The summed E-state index contributed by atoms with van der Waals surface area (Å²) in [4.78, 5) is 28.5. The van der Waals surface area contributed by atoms with Gasteiger partial charge in [0.1, 0.15) is 6.04 Å². The van der Waals surface area contributed by atoms with E-state index in [-0.39, 0.29) is 5.91 Å². The standard InChI is InChI=1S/C8H12N4O2S/c1-4(13)12-6(8(9)14)7(15)5-2-10-3-11-5/h2-3,6-7,15H,1H3,(H2,9,14)(H,10,11)(H,12,13). The molecule has 6 nitrogen and oxygen atoms in total. The fourth-order valence-electron chi connectivity index (χ4n) is 1.13. The van der Waals surface area contributed by atoms with Crippen molar-refractivity contribution in [1.29, 1.82) is 0 Å². The largest absolute Gasteiger partial charge is 0.368 e. The van der Waals surface area contributed by atoms with Crippen LogP contribution in [0, 0.1) is 0 Å². The SMILES string of the molecule is CC(=O)NC(C(N)=O)C(S)c1cnc[nH]1. The lowest BCUT2D eigenvalue weighted by atomic mass is 10.1. The minimum atomic E-state index is -0.855. The number of nitrogens with two attached hydrogens (primary N) is 1. The van der Waals surface area contributed by atoms with E-state index in [9.17, 15) is 9.59 Å². The zero-order valence-electron chi connectivity index (χ0n) is 8.10. The minimum absolute atomic E-state index is 0.336. The molecule has 1 aromatic heterocycles. The molecule has 2 unspecified atom stereocenters. The average molecular weight is 228 g/mol. The maximum Gasteiger partial charge on any atom is 0.241 e. The Balaban J connectivity index is 2.80. The second kappa shape index (κ2) is 4.83. The van der Waals surface area contributed by atoms with Crippen LogP contribution in [0.5, 0.6) is 0 Å². The van der Waals surface area contributed by atoms with Crippen molar-refractivity contribution in [3.63, 3.8) is 0 Å². The predicted molar refractivity (Wildman–Crippen MR) is 57.1 cm³/mol. The number of hydrogen-bond donors (Lipinski definition) is 4. The average Bonchev–Trinajstić information content (AvgIpc) is 2.65. The molecule has 0 saturated carbocycles. The molecule has 15 heavy (non-hydrogen) atoms. The first kappa shape index (κ1) is 11.6. The Morgan fingerprint density at radius 3 is 2.73 bits per heavy atom. The van der Waals surface area contributed by atoms with Crippen LogP contribution < -0.4 is 11.1 Å². The summed E-state index contributed by atoms with van der Waals surface area (Å²) in [6, 6.07) is -0.855. The first-order valence-corrected chi connectivity index (χ1v) is 4.76. The van der Waals surface area contributed by atoms with Gasteiger partial charge >= 0.3 is 0 Å². The number of amides is 2. The lowest BCUT2D eigenvalue weighted by Gasteiger charge is -2.19. The number of aromatic nitrogens is 2. The van der Waals surface area contributed by atoms with Crippen molar-refractivity contribution in [3.8, 4) is 0 Å². The van der Waals surface area contributed by atoms with Crippen molar-refractivity contribution < 1.29 is 9.59 Å². The number of aromatic amines is 1. The maximum absolute atomic E-state index is 11.1. The number of carbonyl (C=O) groups excluding carboxylic acids is 2. The second-order valence-electron chi connectivity index (χ2n) is 3.03. The van der Waals surface area contributed by atoms with Crippen molar-refractivity contribution in [1.82, 2.24) is 15.3 Å². The molecular formula is C8H12N4O2S. The highest BCUT2D eigenvalue weighted by Gasteiger charge is 2.26. The molecule has 2 amide bonds. The van der Waals surface area contributed by atoms with Gasteiger partial charge in [-0.1, -0.05) is 0 Å². The molecule has 2 atom stereocenters. The molecule has 0 bridgehead atoms. The lowest BCUT2D eigenvalue weighted by molar-refractivity contribution is -0.126. The molecular weight excluding hydrogens is 216 g/mol. The van der Waals surface area contributed by atoms with E-state index < -0.39 is 17.2 Å². The minimum Gasteiger partial charge on any atom is -0.368 e. The van der Waals surface area contributed by atoms with Crippen LogP contribution in [0.25, 0.3) is 0 Å². The molecule has 4 N–H and O–H groups in total. The number of hydrogen-bond acceptors (Lipinski definition) is 4. The summed E-state index contributed by atoms with van der Waals surface area (Å²) in [5, 5.41) is 1.90. The van der Waals surface area contributed by atoms with Gasteiger partial charge in [0.05, 0.1) is 17.3 Å². The number of carbonyl (C=O) groups is 2. The van der Waals surface area contributed by atoms with Gasteiger partial charge in [-0.2, -0.15) is 12.6 Å². The second-order valence-corrected chi connectivity index (χ2v) is 3.59. The Morgan fingerprint density at radius 2 is 2.33 bits per heavy atom. The molecule has 1 heterocycles. The molecule has 1 rings (SSSR count). The Hall–Kier alpha value is -1.50. The van der Waals surface area contributed by atoms with Crippen molar-refractivity contribution in [3.05, 3.63) is 18.2 Å². The van der Waals surface area contributed by atoms with Gasteiger partial charge in [0, 0.05) is 13.1 Å². The molecule has 0 aliphatic heterocycles. The summed E-state index contributed by atoms with van der Waals surface area (Å²) in [6.45, 7) is 1.31. The van der Waals surface area contributed by atoms with Crippen LogP contribution in [0.4, 0.5) is 0 Å². The normalized spacial score (nSPS) is 14.3. The summed E-state index contributed by atoms with van der Waals surface area (Å²) in [7, 11) is 0. The van der Waals surface area contributed by atoms with E-state index in [0.717, 1.165) is 0 Å². The molecule has 82 valence electrons. The third-order valence-electron chi connectivity index (χ3n) is 1.82. The number of imidazole rings is 1. The fourth-order valence-corrected chi connectivity index (χ4v) is 1.50. The van der Waals surface area contributed by atoms with E-state index in [1.165, 1.54) is 19.4 Å². The molecule has 0 saturated heterocycles. The van der Waals surface area contributed by atoms with Crippen LogP contribution in [0.15, 0.2) is 12.5 Å². The first-order chi connectivity index (χ1) is 7.02. The number of rotatable bonds is 4. The van der Waals surface area contributed by atoms with Gasteiger partial charge in [-0.15, -0.1) is 0 Å². The van der Waals surface area contributed by atoms with Crippen LogP contribution in [-0.2, 0) is 9.59 Å². The van der Waals surface area contributed by atoms with Gasteiger partial charge in [-0.3, -0.25) is 9.59 Å². The molecule has 0 aromatic carbocycles. The molecule has 1 aromatic rings. The fraction of sp³-hybridized carbons (Fsp3) is 0.375. The van der Waals surface area contributed by atoms with Crippen molar-refractivity contribution in [2.75, 3.05) is 0 Å². The molecule has 0 spiro atoms. The van der Waals surface area contributed by atoms with Crippen LogP contribution in [-0.4, -0.2) is 27.8 Å². The van der Waals surface area contributed by atoms with E-state index in [1.807, 2.05) is 0 Å². The topological polar surface area (TPSA) is 101 Å². The quantitative estimate of drug-likeness (QED) is 0.516. The molecule has 7 heteroatoms. The van der Waals surface area contributed by atoms with Crippen LogP contribution in [0.2, 0.25) is 0 Å². The number of thiol groups is 1. The Kier molecular flexibility index (Phi) is 3.73. The van der Waals surface area contributed by atoms with Crippen LogP contribution in [0.1, 0.15) is 17.9 Å². The van der Waals surface area contributed by atoms with Gasteiger partial charge in [-0.05, 0) is 0 Å². The van der Waals surface area contributed by atoms with Crippen molar-refractivity contribution >= 4 is 24.4 Å². The van der Waals surface area contributed by atoms with E-state index in [4.69, 9.17) is 5.73 Å². The van der Waals surface area contributed by atoms with Gasteiger partial charge in [-0.25, -0.2) is 4.98 Å². The molecule has 0 fully saturated rings. The van der Waals surface area contributed by atoms with Gasteiger partial charge < -0.3 is 16.0 Å². The zero-order chi connectivity index (χ0) is 11.4. The summed E-state index contributed by atoms with van der Waals surface area (Å²) >= 11 is 4.21. The molecule has 0 radical (unpaired) electrons. The molecule has 0 aliphatic carbocycles. The van der Waals surface area contributed by atoms with Gasteiger partial charge in [0.25, 0.3) is 0 Å². The number of primary amides is 1. The van der Waals surface area contributed by atoms with Crippen molar-refractivity contribution in [2.24, 2.45) is 5.73 Å². The lowest BCUT2D eigenvalue weighted by Crippen LogP contribution is -2.46. The maximum atomic E-state index is 11.1. The summed E-state index contributed by atoms with van der Waals surface area (Å²) in [5.41, 5.74) is 5.78. The van der Waals surface area contributed by atoms with Crippen LogP contribution >= 0.6 is 12.6 Å². The zero-order valence-corrected chi connectivity index (χ0v) is 8.99.